The van der Waals surface area contributed by atoms with Crippen molar-refractivity contribution < 1.29 is 4.74 Å². The van der Waals surface area contributed by atoms with Crippen LogP contribution in [0.4, 0.5) is 5.69 Å². The fourth-order valence-electron chi connectivity index (χ4n) is 4.41. The summed E-state index contributed by atoms with van der Waals surface area (Å²) >= 11 is 7.48. The number of piperazine rings is 1. The van der Waals surface area contributed by atoms with Gasteiger partial charge in [0.15, 0.2) is 0 Å². The van der Waals surface area contributed by atoms with Crippen LogP contribution in [0.2, 0.25) is 0 Å². The number of hydrogen-bond acceptors (Lipinski definition) is 5. The van der Waals surface area contributed by atoms with Crippen LogP contribution in [0.25, 0.3) is 0 Å². The van der Waals surface area contributed by atoms with Crippen LogP contribution < -0.4 is 9.64 Å². The van der Waals surface area contributed by atoms with Crippen LogP contribution >= 0.6 is 24.0 Å². The third kappa shape index (κ3) is 5.38. The molecule has 1 aliphatic heterocycles. The predicted molar refractivity (Wildman–Crippen MR) is 146 cm³/mol. The molecule has 1 fully saturated rings. The molecule has 3 aromatic carbocycles. The SMILES string of the molecule is COc1ccc(N2CCN(C(=S)SCCC(C#N)(c3ccccc3)c3ccccc3)CC2)cc1. The minimum Gasteiger partial charge on any atom is -0.497 e. The molecule has 0 N–H and O–H groups in total. The van der Waals surface area contributed by atoms with E-state index in [1.54, 1.807) is 18.9 Å². The highest BCUT2D eigenvalue weighted by Crippen LogP contribution is 2.36. The Balaban J connectivity index is 1.36. The molecular formula is C28H29N3OS2. The third-order valence-corrected chi connectivity index (χ3v) is 7.93. The Morgan fingerprint density at radius 3 is 1.97 bits per heavy atom. The fourth-order valence-corrected chi connectivity index (χ4v) is 5.79. The molecule has 0 spiro atoms. The van der Waals surface area contributed by atoms with Gasteiger partial charge in [-0.15, -0.1) is 0 Å². The van der Waals surface area contributed by atoms with Gasteiger partial charge in [0.1, 0.15) is 15.5 Å². The number of methoxy groups -OCH3 is 1. The molecule has 0 saturated carbocycles. The lowest BCUT2D eigenvalue weighted by Crippen LogP contribution is -2.47. The van der Waals surface area contributed by atoms with Crippen molar-refractivity contribution >= 4 is 34.0 Å². The van der Waals surface area contributed by atoms with E-state index in [1.165, 1.54) is 5.69 Å². The molecule has 0 atom stereocenters. The van der Waals surface area contributed by atoms with Gasteiger partial charge < -0.3 is 14.5 Å². The summed E-state index contributed by atoms with van der Waals surface area (Å²) in [4.78, 5) is 4.67. The average molecular weight is 488 g/mol. The molecule has 0 aliphatic carbocycles. The number of benzene rings is 3. The van der Waals surface area contributed by atoms with E-state index in [4.69, 9.17) is 17.0 Å². The van der Waals surface area contributed by atoms with E-state index in [2.05, 4.69) is 52.3 Å². The summed E-state index contributed by atoms with van der Waals surface area (Å²) in [7, 11) is 1.69. The summed E-state index contributed by atoms with van der Waals surface area (Å²) in [5.74, 6) is 1.66. The van der Waals surface area contributed by atoms with E-state index in [1.807, 2.05) is 48.5 Å². The molecule has 1 heterocycles. The molecular weight excluding hydrogens is 458 g/mol. The molecule has 1 saturated heterocycles. The summed E-state index contributed by atoms with van der Waals surface area (Å²) in [5.41, 5.74) is 2.59. The Bertz CT molecular complexity index is 1070. The van der Waals surface area contributed by atoms with E-state index < -0.39 is 5.41 Å². The van der Waals surface area contributed by atoms with Gasteiger partial charge in [-0.1, -0.05) is 84.6 Å². The monoisotopic (exact) mass is 487 g/mol. The highest BCUT2D eigenvalue weighted by atomic mass is 32.2. The summed E-state index contributed by atoms with van der Waals surface area (Å²) in [5, 5.41) is 10.4. The standard InChI is InChI=1S/C28H29N3OS2/c1-32-26-14-12-25(13-15-26)30-17-19-31(20-18-30)27(33)34-21-16-28(22-29,23-8-4-2-5-9-23)24-10-6-3-7-11-24/h2-15H,16-21H2,1H3. The largest absolute Gasteiger partial charge is 0.497 e. The van der Waals surface area contributed by atoms with Crippen molar-refractivity contribution in [2.24, 2.45) is 0 Å². The van der Waals surface area contributed by atoms with Crippen molar-refractivity contribution in [3.63, 3.8) is 0 Å². The molecule has 4 rings (SSSR count). The number of hydrogen-bond donors (Lipinski definition) is 0. The zero-order valence-corrected chi connectivity index (χ0v) is 21.0. The minimum absolute atomic E-state index is 0.682. The Morgan fingerprint density at radius 1 is 0.912 bits per heavy atom. The maximum atomic E-state index is 10.4. The van der Waals surface area contributed by atoms with Gasteiger partial charge in [0.2, 0.25) is 0 Å². The van der Waals surface area contributed by atoms with Gasteiger partial charge in [-0.3, -0.25) is 0 Å². The van der Waals surface area contributed by atoms with E-state index in [0.29, 0.717) is 6.42 Å². The quantitative estimate of drug-likeness (QED) is 0.396. The first kappa shape index (κ1) is 24.1. The number of thiocarbonyl (C=S) groups is 1. The minimum atomic E-state index is -0.682. The maximum Gasteiger partial charge on any atom is 0.136 e. The fraction of sp³-hybridized carbons (Fsp3) is 0.286. The predicted octanol–water partition coefficient (Wildman–Crippen LogP) is 5.74. The zero-order chi connectivity index (χ0) is 23.8. The first-order valence-electron chi connectivity index (χ1n) is 11.5. The van der Waals surface area contributed by atoms with Crippen LogP contribution in [0.1, 0.15) is 17.5 Å². The Labute approximate surface area is 212 Å². The van der Waals surface area contributed by atoms with Gasteiger partial charge in [0.05, 0.1) is 13.2 Å². The second kappa shape index (κ2) is 11.4. The maximum absolute atomic E-state index is 10.4. The lowest BCUT2D eigenvalue weighted by atomic mass is 9.74. The van der Waals surface area contributed by atoms with E-state index >= 15 is 0 Å². The number of rotatable bonds is 7. The number of anilines is 1. The molecule has 0 amide bonds. The summed E-state index contributed by atoms with van der Waals surface area (Å²) in [6.07, 6.45) is 0.703. The van der Waals surface area contributed by atoms with Gasteiger partial charge in [-0.25, -0.2) is 0 Å². The van der Waals surface area contributed by atoms with Gasteiger partial charge in [0.25, 0.3) is 0 Å². The average Bonchev–Trinajstić information content (AvgIpc) is 2.92. The highest BCUT2D eigenvalue weighted by Gasteiger charge is 2.34. The number of nitriles is 1. The van der Waals surface area contributed by atoms with Gasteiger partial charge in [0, 0.05) is 37.6 Å². The molecule has 0 radical (unpaired) electrons. The van der Waals surface area contributed by atoms with Gasteiger partial charge >= 0.3 is 0 Å². The summed E-state index contributed by atoms with van der Waals surface area (Å²) < 4.78 is 6.18. The molecule has 3 aromatic rings. The van der Waals surface area contributed by atoms with E-state index in [-0.39, 0.29) is 0 Å². The van der Waals surface area contributed by atoms with Crippen molar-refractivity contribution in [1.29, 1.82) is 5.26 Å². The van der Waals surface area contributed by atoms with Crippen LogP contribution in [-0.2, 0) is 5.41 Å². The molecule has 4 nitrogen and oxygen atoms in total. The van der Waals surface area contributed by atoms with Crippen molar-refractivity contribution in [3.8, 4) is 11.8 Å². The Kier molecular flexibility index (Phi) is 8.10. The smallest absolute Gasteiger partial charge is 0.136 e. The molecule has 0 unspecified atom stereocenters. The third-order valence-electron chi connectivity index (χ3n) is 6.40. The van der Waals surface area contributed by atoms with Crippen molar-refractivity contribution in [2.45, 2.75) is 11.8 Å². The van der Waals surface area contributed by atoms with Crippen molar-refractivity contribution in [2.75, 3.05) is 43.9 Å². The van der Waals surface area contributed by atoms with Crippen LogP contribution in [0.5, 0.6) is 5.75 Å². The topological polar surface area (TPSA) is 39.5 Å². The van der Waals surface area contributed by atoms with Crippen LogP contribution in [0, 0.1) is 11.3 Å². The van der Waals surface area contributed by atoms with Crippen LogP contribution in [0.3, 0.4) is 0 Å². The lowest BCUT2D eigenvalue weighted by molar-refractivity contribution is 0.397. The molecule has 0 aromatic heterocycles. The van der Waals surface area contributed by atoms with Crippen LogP contribution in [-0.4, -0.2) is 48.3 Å². The lowest BCUT2D eigenvalue weighted by Gasteiger charge is -2.37. The number of thioether (sulfide) groups is 1. The first-order chi connectivity index (χ1) is 16.7. The highest BCUT2D eigenvalue weighted by molar-refractivity contribution is 8.22. The van der Waals surface area contributed by atoms with E-state index in [0.717, 1.165) is 53.1 Å². The molecule has 6 heteroatoms. The van der Waals surface area contributed by atoms with E-state index in [9.17, 15) is 5.26 Å². The second-order valence-electron chi connectivity index (χ2n) is 8.29. The van der Waals surface area contributed by atoms with Crippen molar-refractivity contribution in [1.82, 2.24) is 4.90 Å². The van der Waals surface area contributed by atoms with Crippen molar-refractivity contribution in [3.05, 3.63) is 96.1 Å². The van der Waals surface area contributed by atoms with Gasteiger partial charge in [-0.2, -0.15) is 5.26 Å². The number of nitrogens with zero attached hydrogens (tertiary/aromatic N) is 3. The number of ether oxygens (including phenoxy) is 1. The normalized spacial score (nSPS) is 13.9. The Morgan fingerprint density at radius 2 is 1.47 bits per heavy atom. The molecule has 0 bridgehead atoms. The first-order valence-corrected chi connectivity index (χ1v) is 12.9. The van der Waals surface area contributed by atoms with Gasteiger partial charge in [-0.05, 0) is 41.8 Å². The molecule has 1 aliphatic rings. The Hall–Kier alpha value is -3.01. The summed E-state index contributed by atoms with van der Waals surface area (Å²) in [6.45, 7) is 3.67. The molecule has 174 valence electrons. The summed E-state index contributed by atoms with van der Waals surface area (Å²) in [6, 6.07) is 31.1. The second-order valence-corrected chi connectivity index (χ2v) is 10.0. The zero-order valence-electron chi connectivity index (χ0n) is 19.4. The van der Waals surface area contributed by atoms with Crippen LogP contribution in [0.15, 0.2) is 84.9 Å². The molecule has 34 heavy (non-hydrogen) atoms.